The molecule has 0 saturated heterocycles. The van der Waals surface area contributed by atoms with E-state index in [0.29, 0.717) is 48.0 Å². The molecule has 0 spiro atoms. The number of hydrogen-bond donors (Lipinski definition) is 1. The molecular formula is C32H35FN6O4. The lowest BCUT2D eigenvalue weighted by Gasteiger charge is -2.34. The van der Waals surface area contributed by atoms with Crippen LogP contribution >= 0.6 is 0 Å². The van der Waals surface area contributed by atoms with Crippen molar-refractivity contribution in [3.05, 3.63) is 105 Å². The van der Waals surface area contributed by atoms with Gasteiger partial charge in [-0.2, -0.15) is 0 Å². The van der Waals surface area contributed by atoms with Crippen LogP contribution in [0.4, 0.5) is 4.39 Å². The van der Waals surface area contributed by atoms with Crippen molar-refractivity contribution in [1.29, 1.82) is 0 Å². The SMILES string of the molecule is COc1ccccc1CN(Cc1cc2cc(OC)c(OC)cc2[nH]c1=O)[C@@H](c1nnnn1Cc1ccc(F)cc1)C(C)C. The fourth-order valence-electron chi connectivity index (χ4n) is 5.40. The summed E-state index contributed by atoms with van der Waals surface area (Å²) in [6, 6.07) is 19.3. The number of fused-ring (bicyclic) bond motifs is 1. The number of aromatic nitrogens is 5. The minimum absolute atomic E-state index is 0.0524. The third kappa shape index (κ3) is 6.51. The van der Waals surface area contributed by atoms with Gasteiger partial charge in [0.2, 0.25) is 0 Å². The molecule has 3 aromatic carbocycles. The second kappa shape index (κ2) is 13.0. The van der Waals surface area contributed by atoms with Gasteiger partial charge in [-0.05, 0) is 52.2 Å². The van der Waals surface area contributed by atoms with Crippen LogP contribution in [0.2, 0.25) is 0 Å². The van der Waals surface area contributed by atoms with E-state index >= 15 is 0 Å². The zero-order valence-corrected chi connectivity index (χ0v) is 24.9. The van der Waals surface area contributed by atoms with E-state index < -0.39 is 0 Å². The molecule has 224 valence electrons. The largest absolute Gasteiger partial charge is 0.496 e. The standard InChI is InChI=1S/C32H35FN6O4/c1-20(2)30(31-35-36-37-39(31)17-21-10-12-25(33)13-11-21)38(18-22-8-6-7-9-27(22)41-3)19-24-14-23-15-28(42-4)29(43-5)16-26(23)34-32(24)40/h6-16,20,30H,17-19H2,1-5H3,(H,34,40)/t30-/m1/s1. The summed E-state index contributed by atoms with van der Waals surface area (Å²) < 4.78 is 31.9. The van der Waals surface area contributed by atoms with Crippen LogP contribution < -0.4 is 19.8 Å². The first-order valence-electron chi connectivity index (χ1n) is 14.0. The lowest BCUT2D eigenvalue weighted by Crippen LogP contribution is -2.35. The number of hydrogen-bond acceptors (Lipinski definition) is 8. The molecule has 1 atom stereocenters. The van der Waals surface area contributed by atoms with E-state index in [9.17, 15) is 9.18 Å². The first kappa shape index (κ1) is 29.7. The van der Waals surface area contributed by atoms with Crippen LogP contribution in [0, 0.1) is 11.7 Å². The maximum Gasteiger partial charge on any atom is 0.252 e. The molecule has 0 saturated carbocycles. The number of aromatic amines is 1. The Balaban J connectivity index is 1.58. The summed E-state index contributed by atoms with van der Waals surface area (Å²) in [6.45, 7) is 5.31. The topological polar surface area (TPSA) is 107 Å². The monoisotopic (exact) mass is 586 g/mol. The highest BCUT2D eigenvalue weighted by Gasteiger charge is 2.31. The average molecular weight is 587 g/mol. The molecule has 0 aliphatic heterocycles. The first-order valence-corrected chi connectivity index (χ1v) is 14.0. The quantitative estimate of drug-likeness (QED) is 0.215. The molecular weight excluding hydrogens is 551 g/mol. The van der Waals surface area contributed by atoms with Crippen molar-refractivity contribution in [2.75, 3.05) is 21.3 Å². The van der Waals surface area contributed by atoms with E-state index in [-0.39, 0.29) is 23.3 Å². The van der Waals surface area contributed by atoms with Crippen LogP contribution in [0.15, 0.2) is 71.5 Å². The number of pyridine rings is 1. The fraction of sp³-hybridized carbons (Fsp3) is 0.312. The predicted molar refractivity (Wildman–Crippen MR) is 161 cm³/mol. The van der Waals surface area contributed by atoms with Gasteiger partial charge in [0.1, 0.15) is 11.6 Å². The predicted octanol–water partition coefficient (Wildman–Crippen LogP) is 5.13. The van der Waals surface area contributed by atoms with Gasteiger partial charge in [0.25, 0.3) is 5.56 Å². The van der Waals surface area contributed by atoms with E-state index in [2.05, 4.69) is 39.3 Å². The molecule has 0 amide bonds. The highest BCUT2D eigenvalue weighted by Crippen LogP contribution is 2.34. The normalized spacial score (nSPS) is 12.2. The van der Waals surface area contributed by atoms with Gasteiger partial charge in [-0.15, -0.1) is 5.10 Å². The van der Waals surface area contributed by atoms with Gasteiger partial charge in [-0.25, -0.2) is 9.07 Å². The van der Waals surface area contributed by atoms with Crippen molar-refractivity contribution in [2.24, 2.45) is 5.92 Å². The lowest BCUT2D eigenvalue weighted by molar-refractivity contribution is 0.125. The Labute approximate surface area is 249 Å². The molecule has 2 heterocycles. The average Bonchev–Trinajstić information content (AvgIpc) is 3.45. The molecule has 2 aromatic heterocycles. The van der Waals surface area contributed by atoms with Crippen LogP contribution in [-0.2, 0) is 19.6 Å². The molecule has 10 nitrogen and oxygen atoms in total. The van der Waals surface area contributed by atoms with Crippen LogP contribution in [0.25, 0.3) is 10.9 Å². The maximum absolute atomic E-state index is 13.6. The Morgan fingerprint density at radius 2 is 1.56 bits per heavy atom. The summed E-state index contributed by atoms with van der Waals surface area (Å²) in [6.07, 6.45) is 0. The highest BCUT2D eigenvalue weighted by molar-refractivity contribution is 5.83. The summed E-state index contributed by atoms with van der Waals surface area (Å²) in [4.78, 5) is 18.7. The zero-order valence-electron chi connectivity index (χ0n) is 24.9. The molecule has 5 aromatic rings. The number of H-pyrrole nitrogens is 1. The minimum Gasteiger partial charge on any atom is -0.496 e. The Morgan fingerprint density at radius 1 is 0.884 bits per heavy atom. The number of ether oxygens (including phenoxy) is 3. The smallest absolute Gasteiger partial charge is 0.252 e. The molecule has 0 bridgehead atoms. The van der Waals surface area contributed by atoms with Crippen molar-refractivity contribution < 1.29 is 18.6 Å². The van der Waals surface area contributed by atoms with Crippen molar-refractivity contribution >= 4 is 10.9 Å². The molecule has 0 radical (unpaired) electrons. The van der Waals surface area contributed by atoms with Crippen molar-refractivity contribution in [3.8, 4) is 17.2 Å². The van der Waals surface area contributed by atoms with Crippen molar-refractivity contribution in [2.45, 2.75) is 39.5 Å². The summed E-state index contributed by atoms with van der Waals surface area (Å²) in [5, 5.41) is 13.5. The molecule has 5 rings (SSSR count). The summed E-state index contributed by atoms with van der Waals surface area (Å²) in [5.74, 6) is 2.22. The number of nitrogens with zero attached hydrogens (tertiary/aromatic N) is 5. The van der Waals surface area contributed by atoms with Gasteiger partial charge >= 0.3 is 0 Å². The van der Waals surface area contributed by atoms with Gasteiger partial charge in [-0.3, -0.25) is 9.69 Å². The number of rotatable bonds is 12. The Bertz CT molecular complexity index is 1750. The van der Waals surface area contributed by atoms with Gasteiger partial charge in [-0.1, -0.05) is 44.2 Å². The summed E-state index contributed by atoms with van der Waals surface area (Å²) >= 11 is 0. The first-order chi connectivity index (χ1) is 20.8. The Morgan fingerprint density at radius 3 is 2.26 bits per heavy atom. The van der Waals surface area contributed by atoms with Gasteiger partial charge in [0.05, 0.1) is 39.4 Å². The second-order valence-electron chi connectivity index (χ2n) is 10.6. The number of nitrogens with one attached hydrogen (secondary N) is 1. The molecule has 0 aliphatic rings. The summed E-state index contributed by atoms with van der Waals surface area (Å²) in [5.41, 5.74) is 2.82. The molecule has 0 aliphatic carbocycles. The molecule has 0 fully saturated rings. The van der Waals surface area contributed by atoms with E-state index in [4.69, 9.17) is 14.2 Å². The fourth-order valence-corrected chi connectivity index (χ4v) is 5.40. The Kier molecular flexibility index (Phi) is 9.01. The van der Waals surface area contributed by atoms with E-state index in [1.165, 1.54) is 12.1 Å². The summed E-state index contributed by atoms with van der Waals surface area (Å²) in [7, 11) is 4.78. The van der Waals surface area contributed by atoms with E-state index in [0.717, 1.165) is 22.3 Å². The van der Waals surface area contributed by atoms with Crippen LogP contribution in [0.5, 0.6) is 17.2 Å². The second-order valence-corrected chi connectivity index (χ2v) is 10.6. The zero-order chi connectivity index (χ0) is 30.5. The van der Waals surface area contributed by atoms with E-state index in [1.807, 2.05) is 36.4 Å². The van der Waals surface area contributed by atoms with Gasteiger partial charge in [0.15, 0.2) is 17.3 Å². The number of tetrazole rings is 1. The lowest BCUT2D eigenvalue weighted by atomic mass is 9.99. The van der Waals surface area contributed by atoms with Crippen LogP contribution in [-0.4, -0.2) is 51.4 Å². The van der Waals surface area contributed by atoms with Crippen molar-refractivity contribution in [3.63, 3.8) is 0 Å². The number of methoxy groups -OCH3 is 3. The third-order valence-electron chi connectivity index (χ3n) is 7.46. The minimum atomic E-state index is -0.305. The van der Waals surface area contributed by atoms with E-state index in [1.54, 1.807) is 44.2 Å². The molecule has 43 heavy (non-hydrogen) atoms. The number of benzene rings is 3. The maximum atomic E-state index is 13.6. The highest BCUT2D eigenvalue weighted by atomic mass is 19.1. The molecule has 11 heteroatoms. The van der Waals surface area contributed by atoms with Crippen molar-refractivity contribution in [1.82, 2.24) is 30.1 Å². The van der Waals surface area contributed by atoms with Gasteiger partial charge < -0.3 is 19.2 Å². The van der Waals surface area contributed by atoms with Gasteiger partial charge in [0, 0.05) is 35.7 Å². The van der Waals surface area contributed by atoms with Crippen LogP contribution in [0.3, 0.4) is 0 Å². The molecule has 1 N–H and O–H groups in total. The molecule has 0 unspecified atom stereocenters. The third-order valence-corrected chi connectivity index (χ3v) is 7.46. The van der Waals surface area contributed by atoms with Crippen LogP contribution in [0.1, 0.15) is 42.4 Å². The Hall–Kier alpha value is -4.77. The number of halogens is 1. The number of para-hydroxylation sites is 1.